The van der Waals surface area contributed by atoms with Crippen LogP contribution in [-0.4, -0.2) is 79.1 Å². The van der Waals surface area contributed by atoms with E-state index in [0.29, 0.717) is 17.9 Å². The minimum atomic E-state index is -0.614. The van der Waals surface area contributed by atoms with E-state index in [9.17, 15) is 9.59 Å². The van der Waals surface area contributed by atoms with Gasteiger partial charge in [-0.1, -0.05) is 26.0 Å². The zero-order valence-electron chi connectivity index (χ0n) is 19.7. The summed E-state index contributed by atoms with van der Waals surface area (Å²) in [5, 5.41) is 5.84. The number of aromatic nitrogens is 2. The highest BCUT2D eigenvalue weighted by Crippen LogP contribution is 2.17. The Bertz CT molecular complexity index is 900. The molecular formula is C24H34N6O3. The number of anilines is 1. The van der Waals surface area contributed by atoms with Gasteiger partial charge in [-0.3, -0.25) is 14.5 Å². The van der Waals surface area contributed by atoms with Gasteiger partial charge in [0, 0.05) is 45.1 Å². The number of rotatable bonds is 10. The number of methoxy groups -OCH3 is 1. The van der Waals surface area contributed by atoms with Crippen molar-refractivity contribution >= 4 is 17.8 Å². The minimum absolute atomic E-state index is 0.0445. The first-order chi connectivity index (χ1) is 16.0. The summed E-state index contributed by atoms with van der Waals surface area (Å²) in [5.41, 5.74) is 0.415. The lowest BCUT2D eigenvalue weighted by molar-refractivity contribution is -0.123. The van der Waals surface area contributed by atoms with Crippen LogP contribution in [0.15, 0.2) is 42.7 Å². The quantitative estimate of drug-likeness (QED) is 0.526. The molecule has 1 aromatic heterocycles. The smallest absolute Gasteiger partial charge is 0.255 e. The van der Waals surface area contributed by atoms with Gasteiger partial charge in [-0.2, -0.15) is 0 Å². The zero-order chi connectivity index (χ0) is 23.6. The van der Waals surface area contributed by atoms with Crippen molar-refractivity contribution in [1.82, 2.24) is 25.5 Å². The van der Waals surface area contributed by atoms with Crippen molar-refractivity contribution in [3.63, 3.8) is 0 Å². The van der Waals surface area contributed by atoms with E-state index in [2.05, 4.69) is 30.4 Å². The summed E-state index contributed by atoms with van der Waals surface area (Å²) in [6.45, 7) is 8.97. The lowest BCUT2D eigenvalue weighted by atomic mass is 10.0. The van der Waals surface area contributed by atoms with Gasteiger partial charge in [0.05, 0.1) is 12.7 Å². The summed E-state index contributed by atoms with van der Waals surface area (Å²) in [7, 11) is 1.52. The van der Waals surface area contributed by atoms with Crippen LogP contribution in [0.3, 0.4) is 0 Å². The Morgan fingerprint density at radius 2 is 1.76 bits per heavy atom. The van der Waals surface area contributed by atoms with Gasteiger partial charge in [0.1, 0.15) is 11.8 Å². The highest BCUT2D eigenvalue weighted by atomic mass is 16.5. The van der Waals surface area contributed by atoms with Gasteiger partial charge in [0.2, 0.25) is 11.9 Å². The fourth-order valence-electron chi connectivity index (χ4n) is 3.84. The van der Waals surface area contributed by atoms with E-state index in [0.717, 1.165) is 45.1 Å². The third kappa shape index (κ3) is 6.89. The Balaban J connectivity index is 1.41. The van der Waals surface area contributed by atoms with Crippen LogP contribution < -0.4 is 20.3 Å². The molecule has 1 atom stereocenters. The lowest BCUT2D eigenvalue weighted by Crippen LogP contribution is -2.50. The second-order valence-corrected chi connectivity index (χ2v) is 8.42. The number of nitrogens with zero attached hydrogens (tertiary/aromatic N) is 4. The number of ether oxygens (including phenoxy) is 1. The molecule has 0 saturated carbocycles. The molecular weight excluding hydrogens is 420 g/mol. The molecule has 0 aliphatic carbocycles. The van der Waals surface area contributed by atoms with Crippen LogP contribution in [0.5, 0.6) is 5.75 Å². The van der Waals surface area contributed by atoms with E-state index in [1.807, 2.05) is 19.9 Å². The maximum absolute atomic E-state index is 12.8. The first-order valence-corrected chi connectivity index (χ1v) is 11.5. The van der Waals surface area contributed by atoms with E-state index < -0.39 is 6.04 Å². The van der Waals surface area contributed by atoms with Crippen molar-refractivity contribution in [3.05, 3.63) is 48.3 Å². The van der Waals surface area contributed by atoms with Gasteiger partial charge in [0.15, 0.2) is 0 Å². The number of carbonyl (C=O) groups excluding carboxylic acids is 2. The topological polar surface area (TPSA) is 99.7 Å². The Kier molecular flexibility index (Phi) is 9.00. The Morgan fingerprint density at radius 3 is 2.42 bits per heavy atom. The van der Waals surface area contributed by atoms with Crippen molar-refractivity contribution in [1.29, 1.82) is 0 Å². The molecule has 1 fully saturated rings. The van der Waals surface area contributed by atoms with Gasteiger partial charge < -0.3 is 20.3 Å². The number of benzene rings is 1. The highest BCUT2D eigenvalue weighted by molar-refractivity contribution is 5.99. The van der Waals surface area contributed by atoms with Crippen molar-refractivity contribution in [2.45, 2.75) is 26.3 Å². The largest absolute Gasteiger partial charge is 0.496 e. The molecule has 9 nitrogen and oxygen atoms in total. The number of amides is 2. The second kappa shape index (κ2) is 12.2. The number of carbonyl (C=O) groups is 2. The van der Waals surface area contributed by atoms with E-state index >= 15 is 0 Å². The Labute approximate surface area is 195 Å². The summed E-state index contributed by atoms with van der Waals surface area (Å²) in [4.78, 5) is 38.7. The van der Waals surface area contributed by atoms with Gasteiger partial charge in [-0.15, -0.1) is 0 Å². The third-order valence-corrected chi connectivity index (χ3v) is 5.74. The molecule has 0 radical (unpaired) electrons. The molecule has 3 rings (SSSR count). The number of nitrogens with one attached hydrogen (secondary N) is 2. The molecule has 1 aliphatic heterocycles. The number of hydrogen-bond acceptors (Lipinski definition) is 7. The molecule has 9 heteroatoms. The monoisotopic (exact) mass is 454 g/mol. The van der Waals surface area contributed by atoms with Crippen molar-refractivity contribution in [2.24, 2.45) is 5.92 Å². The first kappa shape index (κ1) is 24.4. The molecule has 0 spiro atoms. The maximum atomic E-state index is 12.8. The number of piperazine rings is 1. The predicted molar refractivity (Wildman–Crippen MR) is 127 cm³/mol. The average molecular weight is 455 g/mol. The van der Waals surface area contributed by atoms with Crippen LogP contribution in [0.25, 0.3) is 0 Å². The third-order valence-electron chi connectivity index (χ3n) is 5.74. The average Bonchev–Trinajstić information content (AvgIpc) is 2.85. The zero-order valence-corrected chi connectivity index (χ0v) is 19.7. The summed E-state index contributed by atoms with van der Waals surface area (Å²) in [6, 6.07) is 8.20. The van der Waals surface area contributed by atoms with Crippen LogP contribution in [0.1, 0.15) is 30.6 Å². The van der Waals surface area contributed by atoms with Gasteiger partial charge in [-0.05, 0) is 37.1 Å². The van der Waals surface area contributed by atoms with Crippen LogP contribution >= 0.6 is 0 Å². The van der Waals surface area contributed by atoms with Gasteiger partial charge in [-0.25, -0.2) is 9.97 Å². The van der Waals surface area contributed by atoms with E-state index in [1.165, 1.54) is 7.11 Å². The molecule has 178 valence electrons. The molecule has 0 bridgehead atoms. The highest BCUT2D eigenvalue weighted by Gasteiger charge is 2.25. The summed E-state index contributed by atoms with van der Waals surface area (Å²) in [6.07, 6.45) is 4.38. The Morgan fingerprint density at radius 1 is 1.06 bits per heavy atom. The van der Waals surface area contributed by atoms with E-state index in [4.69, 9.17) is 4.74 Å². The molecule has 1 aromatic carbocycles. The van der Waals surface area contributed by atoms with Crippen molar-refractivity contribution in [3.8, 4) is 5.75 Å². The molecule has 1 saturated heterocycles. The van der Waals surface area contributed by atoms with E-state index in [-0.39, 0.29) is 17.7 Å². The van der Waals surface area contributed by atoms with Crippen LogP contribution in [0.4, 0.5) is 5.95 Å². The molecule has 2 amide bonds. The number of para-hydroxylation sites is 1. The van der Waals surface area contributed by atoms with Crippen LogP contribution in [0.2, 0.25) is 0 Å². The fourth-order valence-corrected chi connectivity index (χ4v) is 3.84. The molecule has 1 unspecified atom stereocenters. The van der Waals surface area contributed by atoms with Crippen molar-refractivity contribution in [2.75, 3.05) is 51.3 Å². The maximum Gasteiger partial charge on any atom is 0.255 e. The summed E-state index contributed by atoms with van der Waals surface area (Å²) >= 11 is 0. The summed E-state index contributed by atoms with van der Waals surface area (Å²) in [5.74, 6) is 0.731. The normalized spacial score (nSPS) is 15.2. The molecule has 2 heterocycles. The van der Waals surface area contributed by atoms with E-state index in [1.54, 1.807) is 36.7 Å². The fraction of sp³-hybridized carbons (Fsp3) is 0.500. The van der Waals surface area contributed by atoms with Gasteiger partial charge >= 0.3 is 0 Å². The van der Waals surface area contributed by atoms with Crippen LogP contribution in [0, 0.1) is 5.92 Å². The lowest BCUT2D eigenvalue weighted by Gasteiger charge is -2.34. The predicted octanol–water partition coefficient (Wildman–Crippen LogP) is 1.57. The first-order valence-electron chi connectivity index (χ1n) is 11.5. The SMILES string of the molecule is COc1ccccc1C(=O)NC(C(=O)NCCCN1CCN(c2ncccn2)CC1)C(C)C. The minimum Gasteiger partial charge on any atom is -0.496 e. The standard InChI is InChI=1S/C24H34N6O3/c1-18(2)21(28-22(31)19-8-4-5-9-20(19)33-3)23(32)25-12-7-13-29-14-16-30(17-15-29)24-26-10-6-11-27-24/h4-6,8-11,18,21H,7,12-17H2,1-3H3,(H,25,32)(H,28,31). The summed E-state index contributed by atoms with van der Waals surface area (Å²) < 4.78 is 5.26. The second-order valence-electron chi connectivity index (χ2n) is 8.42. The number of hydrogen-bond donors (Lipinski definition) is 2. The molecule has 2 aromatic rings. The van der Waals surface area contributed by atoms with Gasteiger partial charge in [0.25, 0.3) is 5.91 Å². The van der Waals surface area contributed by atoms with Crippen molar-refractivity contribution < 1.29 is 14.3 Å². The molecule has 1 aliphatic rings. The van der Waals surface area contributed by atoms with Crippen LogP contribution in [-0.2, 0) is 4.79 Å². The Hall–Kier alpha value is -3.20. The molecule has 2 N–H and O–H groups in total. The molecule has 33 heavy (non-hydrogen) atoms.